The van der Waals surface area contributed by atoms with Gasteiger partial charge < -0.3 is 0 Å². The summed E-state index contributed by atoms with van der Waals surface area (Å²) in [6, 6.07) is 0. The number of hydrogen-bond donors (Lipinski definition) is 2. The maximum atomic E-state index is 3.72. The van der Waals surface area contributed by atoms with Crippen LogP contribution in [0.15, 0.2) is 0 Å². The third-order valence-electron chi connectivity index (χ3n) is 0.0333. The van der Waals surface area contributed by atoms with Gasteiger partial charge in [-0.2, -0.15) is 0 Å². The van der Waals surface area contributed by atoms with Gasteiger partial charge in [0, 0.05) is 18.6 Å². The Kier molecular flexibility index (Phi) is 18.9. The van der Waals surface area contributed by atoms with E-state index >= 15 is 0 Å². The SMILES string of the molecule is SSSS.[V]. The van der Waals surface area contributed by atoms with Gasteiger partial charge in [0.05, 0.1) is 0 Å². The first-order chi connectivity index (χ1) is 1.91. The zero-order chi connectivity index (χ0) is 3.41. The van der Waals surface area contributed by atoms with E-state index in [1.807, 2.05) is 0 Å². The number of thiol groups is 2. The fourth-order valence-corrected chi connectivity index (χ4v) is 0. The van der Waals surface area contributed by atoms with E-state index in [-0.39, 0.29) is 18.6 Å². The molecule has 0 aromatic heterocycles. The largest absolute Gasteiger partial charge is 0.0989 e. The molecular formula is H2S4V. The molecule has 0 fully saturated rings. The summed E-state index contributed by atoms with van der Waals surface area (Å²) < 4.78 is 0. The van der Waals surface area contributed by atoms with Gasteiger partial charge in [-0.25, -0.2) is 0 Å². The van der Waals surface area contributed by atoms with E-state index in [4.69, 9.17) is 0 Å². The molecule has 0 unspecified atom stereocenters. The molecule has 0 rings (SSSR count). The van der Waals surface area contributed by atoms with Crippen LogP contribution in [0.3, 0.4) is 0 Å². The first kappa shape index (κ1) is 10.1. The molecule has 0 amide bonds. The van der Waals surface area contributed by atoms with Crippen molar-refractivity contribution in [3.05, 3.63) is 0 Å². The molecule has 1 radical (unpaired) electrons. The Morgan fingerprint density at radius 1 is 1.00 bits per heavy atom. The van der Waals surface area contributed by atoms with Crippen LogP contribution in [0, 0.1) is 0 Å². The zero-order valence-electron chi connectivity index (χ0n) is 2.16. The van der Waals surface area contributed by atoms with Crippen molar-refractivity contribution in [2.45, 2.75) is 0 Å². The molecule has 0 nitrogen and oxygen atoms in total. The minimum absolute atomic E-state index is 0. The van der Waals surface area contributed by atoms with E-state index in [1.54, 1.807) is 0 Å². The van der Waals surface area contributed by atoms with Gasteiger partial charge in [-0.05, 0) is 19.7 Å². The molecule has 0 aromatic rings. The molecule has 0 aliphatic rings. The molecule has 0 aliphatic heterocycles. The van der Waals surface area contributed by atoms with E-state index in [9.17, 15) is 0 Å². The van der Waals surface area contributed by atoms with Gasteiger partial charge in [0.25, 0.3) is 0 Å². The second-order valence-electron chi connectivity index (χ2n) is 0.149. The maximum Gasteiger partial charge on any atom is 0 e. The summed E-state index contributed by atoms with van der Waals surface area (Å²) in [5.74, 6) is 0. The summed E-state index contributed by atoms with van der Waals surface area (Å²) in [5.41, 5.74) is 0. The molecule has 31 valence electrons. The Bertz CT molecular complexity index is 5.61. The van der Waals surface area contributed by atoms with Crippen molar-refractivity contribution in [3.8, 4) is 0 Å². The summed E-state index contributed by atoms with van der Waals surface area (Å²) in [5, 5.41) is 0. The summed E-state index contributed by atoms with van der Waals surface area (Å²) in [7, 11) is 2.66. The van der Waals surface area contributed by atoms with Gasteiger partial charge in [-0.1, -0.05) is 23.3 Å². The van der Waals surface area contributed by atoms with Gasteiger partial charge in [0.1, 0.15) is 0 Å². The fourth-order valence-electron chi connectivity index (χ4n) is 0. The Balaban J connectivity index is 0. The van der Waals surface area contributed by atoms with E-state index in [2.05, 4.69) is 23.3 Å². The fraction of sp³-hybridized carbons (Fsp3) is 0. The molecule has 5 heteroatoms. The van der Waals surface area contributed by atoms with Crippen LogP contribution in [0.1, 0.15) is 0 Å². The number of hydrogen-bond acceptors (Lipinski definition) is 4. The summed E-state index contributed by atoms with van der Waals surface area (Å²) in [6.45, 7) is 0. The quantitative estimate of drug-likeness (QED) is 0.469. The molecule has 5 heavy (non-hydrogen) atoms. The number of rotatable bonds is 1. The van der Waals surface area contributed by atoms with Crippen LogP contribution < -0.4 is 0 Å². The van der Waals surface area contributed by atoms with Crippen molar-refractivity contribution in [3.63, 3.8) is 0 Å². The Morgan fingerprint density at radius 3 is 1.20 bits per heavy atom. The molecule has 0 aliphatic carbocycles. The van der Waals surface area contributed by atoms with Crippen molar-refractivity contribution in [1.29, 1.82) is 0 Å². The average molecular weight is 181 g/mol. The van der Waals surface area contributed by atoms with Crippen molar-refractivity contribution >= 4 is 43.0 Å². The van der Waals surface area contributed by atoms with Crippen molar-refractivity contribution in [2.75, 3.05) is 0 Å². The van der Waals surface area contributed by atoms with Gasteiger partial charge >= 0.3 is 0 Å². The standard InChI is InChI=1S/H2S4.V/c1-3-4-2;/h1-2H;. The van der Waals surface area contributed by atoms with E-state index in [0.29, 0.717) is 0 Å². The predicted octanol–water partition coefficient (Wildman–Crippen LogP) is 2.05. The van der Waals surface area contributed by atoms with Gasteiger partial charge in [0.2, 0.25) is 0 Å². The first-order valence-electron chi connectivity index (χ1n) is 0.532. The van der Waals surface area contributed by atoms with E-state index in [0.717, 1.165) is 0 Å². The molecule has 0 spiro atoms. The Labute approximate surface area is 61.1 Å². The van der Waals surface area contributed by atoms with Crippen LogP contribution in [-0.2, 0) is 18.6 Å². The van der Waals surface area contributed by atoms with Crippen LogP contribution >= 0.6 is 43.0 Å². The summed E-state index contributed by atoms with van der Waals surface area (Å²) in [4.78, 5) is 0. The monoisotopic (exact) mass is 181 g/mol. The first-order valence-corrected chi connectivity index (χ1v) is 4.79. The molecular weight excluding hydrogens is 179 g/mol. The normalized spacial score (nSPS) is 6.00. The molecule has 0 bridgehead atoms. The molecule has 0 aromatic carbocycles. The van der Waals surface area contributed by atoms with Crippen LogP contribution in [0.4, 0.5) is 0 Å². The summed E-state index contributed by atoms with van der Waals surface area (Å²) in [6.07, 6.45) is 0. The third-order valence-corrected chi connectivity index (χ3v) is 2.70. The van der Waals surface area contributed by atoms with Crippen molar-refractivity contribution in [1.82, 2.24) is 0 Å². The molecule has 0 heterocycles. The topological polar surface area (TPSA) is 0 Å². The minimum atomic E-state index is 0. The van der Waals surface area contributed by atoms with Crippen molar-refractivity contribution in [2.24, 2.45) is 0 Å². The second-order valence-corrected chi connectivity index (χ2v) is 4.02. The third kappa shape index (κ3) is 10.7. The Hall–Kier alpha value is 1.98. The minimum Gasteiger partial charge on any atom is -0.0989 e. The van der Waals surface area contributed by atoms with E-state index in [1.165, 1.54) is 19.7 Å². The van der Waals surface area contributed by atoms with Gasteiger partial charge in [-0.15, -0.1) is 0 Å². The van der Waals surface area contributed by atoms with Crippen LogP contribution in [0.2, 0.25) is 0 Å². The van der Waals surface area contributed by atoms with Gasteiger partial charge in [-0.3, -0.25) is 0 Å². The second kappa shape index (κ2) is 9.37. The molecule has 0 saturated carbocycles. The summed E-state index contributed by atoms with van der Waals surface area (Å²) >= 11 is 7.45. The molecule has 0 atom stereocenters. The van der Waals surface area contributed by atoms with Crippen LogP contribution in [-0.4, -0.2) is 0 Å². The maximum absolute atomic E-state index is 3.72. The Morgan fingerprint density at radius 2 is 1.20 bits per heavy atom. The van der Waals surface area contributed by atoms with Crippen molar-refractivity contribution < 1.29 is 18.6 Å². The van der Waals surface area contributed by atoms with E-state index < -0.39 is 0 Å². The van der Waals surface area contributed by atoms with Crippen LogP contribution in [0.5, 0.6) is 0 Å². The predicted molar refractivity (Wildman–Crippen MR) is 33.2 cm³/mol. The van der Waals surface area contributed by atoms with Gasteiger partial charge in [0.15, 0.2) is 0 Å². The molecule has 0 N–H and O–H groups in total. The average Bonchev–Trinajstić information content (AvgIpc) is 1.37. The zero-order valence-corrected chi connectivity index (χ0v) is 6.98. The smallest absolute Gasteiger partial charge is 0 e. The van der Waals surface area contributed by atoms with Crippen LogP contribution in [0.25, 0.3) is 0 Å². The molecule has 0 saturated heterocycles.